The van der Waals surface area contributed by atoms with Gasteiger partial charge in [-0.1, -0.05) is 42.5 Å². The minimum Gasteiger partial charge on any atom is -0.325 e. The lowest BCUT2D eigenvalue weighted by atomic mass is 10.1. The first-order chi connectivity index (χ1) is 18.7. The van der Waals surface area contributed by atoms with Crippen molar-refractivity contribution in [3.8, 4) is 6.07 Å². The number of hydrogen-bond acceptors (Lipinski definition) is 6. The molecule has 4 aromatic carbocycles. The molecular formula is C30H24N4O4S. The van der Waals surface area contributed by atoms with Crippen molar-refractivity contribution in [2.24, 2.45) is 0 Å². The van der Waals surface area contributed by atoms with Gasteiger partial charge in [0.05, 0.1) is 15.6 Å². The van der Waals surface area contributed by atoms with E-state index in [1.807, 2.05) is 62.4 Å². The maximum absolute atomic E-state index is 12.7. The van der Waals surface area contributed by atoms with Crippen LogP contribution in [0, 0.1) is 35.3 Å². The summed E-state index contributed by atoms with van der Waals surface area (Å²) in [6, 6.07) is 25.1. The van der Waals surface area contributed by atoms with Crippen LogP contribution in [-0.4, -0.2) is 22.5 Å². The van der Waals surface area contributed by atoms with Gasteiger partial charge in [-0.3, -0.25) is 19.7 Å². The second-order valence-corrected chi connectivity index (χ2v) is 9.90. The van der Waals surface area contributed by atoms with E-state index in [4.69, 9.17) is 0 Å². The average Bonchev–Trinajstić information content (AvgIpc) is 2.90. The molecule has 0 heterocycles. The normalized spacial score (nSPS) is 11.1. The predicted octanol–water partition coefficient (Wildman–Crippen LogP) is 6.64. The Morgan fingerprint density at radius 2 is 1.64 bits per heavy atom. The Balaban J connectivity index is 1.46. The van der Waals surface area contributed by atoms with E-state index in [9.17, 15) is 25.0 Å². The van der Waals surface area contributed by atoms with Crippen LogP contribution >= 0.6 is 11.8 Å². The summed E-state index contributed by atoms with van der Waals surface area (Å²) < 4.78 is 0. The summed E-state index contributed by atoms with van der Waals surface area (Å²) in [5, 5.41) is 28.8. The number of fused-ring (bicyclic) bond motifs is 1. The number of aryl methyl sites for hydroxylation is 2. The van der Waals surface area contributed by atoms with Crippen molar-refractivity contribution in [3.05, 3.63) is 111 Å². The number of amides is 2. The van der Waals surface area contributed by atoms with Crippen LogP contribution < -0.4 is 10.6 Å². The molecule has 2 amide bonds. The highest BCUT2D eigenvalue weighted by Crippen LogP contribution is 2.31. The first-order valence-electron chi connectivity index (χ1n) is 11.9. The van der Waals surface area contributed by atoms with Gasteiger partial charge in [-0.15, -0.1) is 11.8 Å². The summed E-state index contributed by atoms with van der Waals surface area (Å²) in [5.74, 6) is -0.956. The van der Waals surface area contributed by atoms with Crippen molar-refractivity contribution in [2.75, 3.05) is 16.4 Å². The molecule has 2 N–H and O–H groups in total. The molecule has 0 atom stereocenters. The second-order valence-electron chi connectivity index (χ2n) is 8.88. The van der Waals surface area contributed by atoms with E-state index in [0.717, 1.165) is 33.7 Å². The molecule has 0 fully saturated rings. The minimum absolute atomic E-state index is 0.0371. The monoisotopic (exact) mass is 536 g/mol. The number of nitro benzene ring substituents is 1. The van der Waals surface area contributed by atoms with E-state index in [1.54, 1.807) is 24.3 Å². The highest BCUT2D eigenvalue weighted by atomic mass is 32.2. The summed E-state index contributed by atoms with van der Waals surface area (Å²) in [7, 11) is 0. The maximum Gasteiger partial charge on any atom is 0.283 e. The summed E-state index contributed by atoms with van der Waals surface area (Å²) in [6.07, 6.45) is 1.30. The molecule has 194 valence electrons. The quantitative estimate of drug-likeness (QED) is 0.0855. The topological polar surface area (TPSA) is 125 Å². The number of nitrogens with zero attached hydrogens (tertiary/aromatic N) is 2. The molecule has 8 nitrogen and oxygen atoms in total. The van der Waals surface area contributed by atoms with E-state index in [1.165, 1.54) is 18.2 Å². The van der Waals surface area contributed by atoms with Crippen LogP contribution in [0.2, 0.25) is 0 Å². The fraction of sp³-hybridized carbons (Fsp3) is 0.100. The Morgan fingerprint density at radius 1 is 0.923 bits per heavy atom. The molecule has 0 bridgehead atoms. The molecular weight excluding hydrogens is 512 g/mol. The van der Waals surface area contributed by atoms with Crippen LogP contribution in [0.4, 0.5) is 17.1 Å². The summed E-state index contributed by atoms with van der Waals surface area (Å²) in [4.78, 5) is 36.7. The molecule has 0 spiro atoms. The number of nitrogens with one attached hydrogen (secondary N) is 2. The van der Waals surface area contributed by atoms with Gasteiger partial charge >= 0.3 is 0 Å². The van der Waals surface area contributed by atoms with E-state index >= 15 is 0 Å². The predicted molar refractivity (Wildman–Crippen MR) is 155 cm³/mol. The SMILES string of the molecule is Cc1cc(C)cc(NC(=O)/C(C#N)=C/c2ccc(SCC(=O)Nc3ccc4ccccc4c3)c([N+](=O)[O-])c2)c1. The Labute approximate surface area is 229 Å². The van der Waals surface area contributed by atoms with Crippen molar-refractivity contribution in [3.63, 3.8) is 0 Å². The zero-order valence-electron chi connectivity index (χ0n) is 21.2. The van der Waals surface area contributed by atoms with Gasteiger partial charge in [-0.25, -0.2) is 0 Å². The van der Waals surface area contributed by atoms with E-state index in [2.05, 4.69) is 10.6 Å². The van der Waals surface area contributed by atoms with Crippen molar-refractivity contribution in [1.82, 2.24) is 0 Å². The third-order valence-corrected chi connectivity index (χ3v) is 6.79. The molecule has 0 saturated heterocycles. The largest absolute Gasteiger partial charge is 0.325 e. The van der Waals surface area contributed by atoms with Gasteiger partial charge in [0.1, 0.15) is 11.6 Å². The minimum atomic E-state index is -0.617. The van der Waals surface area contributed by atoms with Gasteiger partial charge in [0.15, 0.2) is 0 Å². The fourth-order valence-corrected chi connectivity index (χ4v) is 4.86. The summed E-state index contributed by atoms with van der Waals surface area (Å²) in [6.45, 7) is 3.80. The lowest BCUT2D eigenvalue weighted by Gasteiger charge is -2.08. The molecule has 0 unspecified atom stereocenters. The number of anilines is 2. The lowest BCUT2D eigenvalue weighted by Crippen LogP contribution is -2.14. The van der Waals surface area contributed by atoms with E-state index in [-0.39, 0.29) is 22.9 Å². The van der Waals surface area contributed by atoms with Gasteiger partial charge in [0.25, 0.3) is 11.6 Å². The number of carbonyl (C=O) groups excluding carboxylic acids is 2. The molecule has 39 heavy (non-hydrogen) atoms. The first kappa shape index (κ1) is 27.1. The number of nitriles is 1. The number of nitro groups is 1. The number of hydrogen-bond donors (Lipinski definition) is 2. The van der Waals surface area contributed by atoms with Crippen LogP contribution in [0.25, 0.3) is 16.8 Å². The number of benzene rings is 4. The smallest absolute Gasteiger partial charge is 0.283 e. The summed E-state index contributed by atoms with van der Waals surface area (Å²) >= 11 is 1.03. The molecule has 9 heteroatoms. The Hall–Kier alpha value is -4.94. The molecule has 0 aliphatic heterocycles. The van der Waals surface area contributed by atoms with Gasteiger partial charge in [-0.2, -0.15) is 5.26 Å². The van der Waals surface area contributed by atoms with E-state index < -0.39 is 10.8 Å². The van der Waals surface area contributed by atoms with Gasteiger partial charge < -0.3 is 10.6 Å². The molecule has 0 aliphatic rings. The van der Waals surface area contributed by atoms with Crippen molar-refractivity contribution in [2.45, 2.75) is 18.7 Å². The van der Waals surface area contributed by atoms with Crippen molar-refractivity contribution >= 4 is 57.5 Å². The highest BCUT2D eigenvalue weighted by Gasteiger charge is 2.18. The molecule has 0 aliphatic carbocycles. The Morgan fingerprint density at radius 3 is 2.33 bits per heavy atom. The van der Waals surface area contributed by atoms with E-state index in [0.29, 0.717) is 21.8 Å². The molecule has 0 aromatic heterocycles. The maximum atomic E-state index is 12.7. The van der Waals surface area contributed by atoms with Gasteiger partial charge in [0.2, 0.25) is 5.91 Å². The molecule has 4 aromatic rings. The van der Waals surface area contributed by atoms with Crippen LogP contribution in [-0.2, 0) is 9.59 Å². The molecule has 0 saturated carbocycles. The Kier molecular flexibility index (Phi) is 8.39. The van der Waals surface area contributed by atoms with Crippen LogP contribution in [0.1, 0.15) is 16.7 Å². The number of carbonyl (C=O) groups is 2. The van der Waals surface area contributed by atoms with Crippen molar-refractivity contribution in [1.29, 1.82) is 5.26 Å². The Bertz CT molecular complexity index is 1650. The molecule has 4 rings (SSSR count). The zero-order valence-corrected chi connectivity index (χ0v) is 22.0. The third-order valence-electron chi connectivity index (χ3n) is 5.73. The number of rotatable bonds is 8. The molecule has 0 radical (unpaired) electrons. The fourth-order valence-electron chi connectivity index (χ4n) is 4.06. The van der Waals surface area contributed by atoms with Crippen LogP contribution in [0.3, 0.4) is 0 Å². The van der Waals surface area contributed by atoms with Gasteiger partial charge in [0, 0.05) is 17.4 Å². The first-order valence-corrected chi connectivity index (χ1v) is 12.9. The zero-order chi connectivity index (χ0) is 27.9. The van der Waals surface area contributed by atoms with Gasteiger partial charge in [-0.05, 0) is 77.7 Å². The second kappa shape index (κ2) is 12.1. The van der Waals surface area contributed by atoms with Crippen LogP contribution in [0.15, 0.2) is 89.3 Å². The van der Waals surface area contributed by atoms with Crippen LogP contribution in [0.5, 0.6) is 0 Å². The van der Waals surface area contributed by atoms with Crippen molar-refractivity contribution < 1.29 is 14.5 Å². The number of thioether (sulfide) groups is 1. The third kappa shape index (κ3) is 7.09. The average molecular weight is 537 g/mol. The standard InChI is InChI=1S/C30H24N4O4S/c1-19-11-20(2)13-26(12-19)33-30(36)24(17-31)14-21-7-10-28(27(15-21)34(37)38)39-18-29(35)32-25-9-8-22-5-3-4-6-23(22)16-25/h3-16H,18H2,1-2H3,(H,32,35)(H,33,36)/b24-14+. The lowest BCUT2D eigenvalue weighted by molar-refractivity contribution is -0.387. The summed E-state index contributed by atoms with van der Waals surface area (Å²) in [5.41, 5.74) is 3.01. The highest BCUT2D eigenvalue weighted by molar-refractivity contribution is 8.00.